The Morgan fingerprint density at radius 1 is 1.27 bits per heavy atom. The number of aromatic amines is 1. The molecule has 84 valence electrons. The molecule has 0 atom stereocenters. The highest BCUT2D eigenvalue weighted by Gasteiger charge is 2.24. The van der Waals surface area contributed by atoms with Crippen molar-refractivity contribution in [3.05, 3.63) is 24.0 Å². The SMILES string of the molecule is CC1(NCc2cc[nH]c2)CCCCCC1. The Hall–Kier alpha value is -0.760. The Morgan fingerprint density at radius 2 is 2.00 bits per heavy atom. The molecular weight excluding hydrogens is 184 g/mol. The van der Waals surface area contributed by atoms with Crippen LogP contribution in [0.1, 0.15) is 51.0 Å². The van der Waals surface area contributed by atoms with Gasteiger partial charge in [-0.15, -0.1) is 0 Å². The summed E-state index contributed by atoms with van der Waals surface area (Å²) in [7, 11) is 0. The van der Waals surface area contributed by atoms with Crippen LogP contribution in [0.25, 0.3) is 0 Å². The van der Waals surface area contributed by atoms with Crippen molar-refractivity contribution in [3.63, 3.8) is 0 Å². The van der Waals surface area contributed by atoms with E-state index in [9.17, 15) is 0 Å². The third-order valence-electron chi connectivity index (χ3n) is 3.59. The molecule has 1 saturated carbocycles. The van der Waals surface area contributed by atoms with Gasteiger partial charge >= 0.3 is 0 Å². The summed E-state index contributed by atoms with van der Waals surface area (Å²) in [6.45, 7) is 3.38. The van der Waals surface area contributed by atoms with E-state index in [1.807, 2.05) is 6.20 Å². The van der Waals surface area contributed by atoms with Gasteiger partial charge in [0.2, 0.25) is 0 Å². The third-order valence-corrected chi connectivity index (χ3v) is 3.59. The smallest absolute Gasteiger partial charge is 0.0225 e. The summed E-state index contributed by atoms with van der Waals surface area (Å²) in [5.41, 5.74) is 1.73. The van der Waals surface area contributed by atoms with Gasteiger partial charge in [0, 0.05) is 24.5 Å². The summed E-state index contributed by atoms with van der Waals surface area (Å²) in [5.74, 6) is 0. The van der Waals surface area contributed by atoms with Gasteiger partial charge in [-0.05, 0) is 31.4 Å². The number of hydrogen-bond acceptors (Lipinski definition) is 1. The van der Waals surface area contributed by atoms with Gasteiger partial charge < -0.3 is 10.3 Å². The van der Waals surface area contributed by atoms with Crippen LogP contribution in [0.2, 0.25) is 0 Å². The molecule has 2 N–H and O–H groups in total. The van der Waals surface area contributed by atoms with Crippen molar-refractivity contribution in [2.24, 2.45) is 0 Å². The highest BCUT2D eigenvalue weighted by Crippen LogP contribution is 2.26. The molecule has 1 aliphatic rings. The van der Waals surface area contributed by atoms with Gasteiger partial charge in [0.1, 0.15) is 0 Å². The van der Waals surface area contributed by atoms with Gasteiger partial charge in [0.05, 0.1) is 0 Å². The first kappa shape index (κ1) is 10.7. The van der Waals surface area contributed by atoms with Crippen LogP contribution in [0.5, 0.6) is 0 Å². The van der Waals surface area contributed by atoms with E-state index < -0.39 is 0 Å². The van der Waals surface area contributed by atoms with Crippen LogP contribution in [0.15, 0.2) is 18.5 Å². The van der Waals surface area contributed by atoms with Crippen LogP contribution in [0, 0.1) is 0 Å². The average molecular weight is 206 g/mol. The summed E-state index contributed by atoms with van der Waals surface area (Å²) < 4.78 is 0. The van der Waals surface area contributed by atoms with Crippen molar-refractivity contribution in [1.82, 2.24) is 10.3 Å². The lowest BCUT2D eigenvalue weighted by Gasteiger charge is -2.29. The highest BCUT2D eigenvalue weighted by atomic mass is 15.0. The van der Waals surface area contributed by atoms with Crippen molar-refractivity contribution in [2.75, 3.05) is 0 Å². The maximum atomic E-state index is 3.72. The average Bonchev–Trinajstić information content (AvgIpc) is 2.65. The second kappa shape index (κ2) is 4.84. The van der Waals surface area contributed by atoms with Crippen molar-refractivity contribution < 1.29 is 0 Å². The second-order valence-corrected chi connectivity index (χ2v) is 5.05. The van der Waals surface area contributed by atoms with Gasteiger partial charge in [-0.25, -0.2) is 0 Å². The minimum absolute atomic E-state index is 0.369. The molecule has 0 radical (unpaired) electrons. The van der Waals surface area contributed by atoms with Crippen LogP contribution < -0.4 is 5.32 Å². The molecule has 1 fully saturated rings. The Kier molecular flexibility index (Phi) is 3.47. The maximum Gasteiger partial charge on any atom is 0.0225 e. The molecule has 0 bridgehead atoms. The van der Waals surface area contributed by atoms with Crippen LogP contribution in [0.3, 0.4) is 0 Å². The van der Waals surface area contributed by atoms with Gasteiger partial charge in [0.15, 0.2) is 0 Å². The molecule has 0 aliphatic heterocycles. The van der Waals surface area contributed by atoms with E-state index in [4.69, 9.17) is 0 Å². The highest BCUT2D eigenvalue weighted by molar-refractivity contribution is 5.08. The monoisotopic (exact) mass is 206 g/mol. The van der Waals surface area contributed by atoms with Gasteiger partial charge in [0.25, 0.3) is 0 Å². The fourth-order valence-corrected chi connectivity index (χ4v) is 2.47. The minimum Gasteiger partial charge on any atom is -0.367 e. The number of H-pyrrole nitrogens is 1. The van der Waals surface area contributed by atoms with Crippen molar-refractivity contribution in [1.29, 1.82) is 0 Å². The molecule has 1 aromatic heterocycles. The van der Waals surface area contributed by atoms with Crippen molar-refractivity contribution >= 4 is 0 Å². The Labute approximate surface area is 92.5 Å². The summed E-state index contributed by atoms with van der Waals surface area (Å²) in [6.07, 6.45) is 12.3. The van der Waals surface area contributed by atoms with E-state index in [0.29, 0.717) is 5.54 Å². The molecule has 0 saturated heterocycles. The first-order valence-corrected chi connectivity index (χ1v) is 6.15. The van der Waals surface area contributed by atoms with Crippen molar-refractivity contribution in [3.8, 4) is 0 Å². The molecular formula is C13H22N2. The summed E-state index contributed by atoms with van der Waals surface area (Å²) in [4.78, 5) is 3.10. The van der Waals surface area contributed by atoms with E-state index in [0.717, 1.165) is 6.54 Å². The number of hydrogen-bond donors (Lipinski definition) is 2. The Morgan fingerprint density at radius 3 is 2.60 bits per heavy atom. The molecule has 0 aromatic carbocycles. The topological polar surface area (TPSA) is 27.8 Å². The van der Waals surface area contributed by atoms with E-state index in [1.54, 1.807) is 0 Å². The second-order valence-electron chi connectivity index (χ2n) is 5.05. The molecule has 2 rings (SSSR count). The number of nitrogens with one attached hydrogen (secondary N) is 2. The van der Waals surface area contributed by atoms with Crippen LogP contribution >= 0.6 is 0 Å². The summed E-state index contributed by atoms with van der Waals surface area (Å²) in [6, 6.07) is 2.15. The van der Waals surface area contributed by atoms with E-state index >= 15 is 0 Å². The molecule has 0 amide bonds. The van der Waals surface area contributed by atoms with E-state index in [-0.39, 0.29) is 0 Å². The lowest BCUT2D eigenvalue weighted by atomic mass is 9.92. The lowest BCUT2D eigenvalue weighted by molar-refractivity contribution is 0.311. The molecule has 0 spiro atoms. The standard InChI is InChI=1S/C13H22N2/c1-13(7-4-2-3-5-8-13)15-11-12-6-9-14-10-12/h6,9-10,14-15H,2-5,7-8,11H2,1H3. The molecule has 2 nitrogen and oxygen atoms in total. The molecule has 15 heavy (non-hydrogen) atoms. The van der Waals surface area contributed by atoms with Gasteiger partial charge in [-0.1, -0.05) is 25.7 Å². The molecule has 1 heterocycles. The first-order chi connectivity index (χ1) is 7.29. The molecule has 1 aliphatic carbocycles. The zero-order valence-electron chi connectivity index (χ0n) is 9.68. The predicted octanol–water partition coefficient (Wildman–Crippen LogP) is 3.22. The van der Waals surface area contributed by atoms with E-state index in [2.05, 4.69) is 29.5 Å². The Balaban J connectivity index is 1.86. The summed E-state index contributed by atoms with van der Waals surface area (Å²) in [5, 5.41) is 3.72. The van der Waals surface area contributed by atoms with Gasteiger partial charge in [-0.3, -0.25) is 0 Å². The third kappa shape index (κ3) is 3.10. The quantitative estimate of drug-likeness (QED) is 0.730. The fraction of sp³-hybridized carbons (Fsp3) is 0.692. The van der Waals surface area contributed by atoms with Gasteiger partial charge in [-0.2, -0.15) is 0 Å². The summed E-state index contributed by atoms with van der Waals surface area (Å²) >= 11 is 0. The van der Waals surface area contributed by atoms with E-state index in [1.165, 1.54) is 44.1 Å². The first-order valence-electron chi connectivity index (χ1n) is 6.15. The number of aromatic nitrogens is 1. The molecule has 1 aromatic rings. The largest absolute Gasteiger partial charge is 0.367 e. The van der Waals surface area contributed by atoms with Crippen LogP contribution in [0.4, 0.5) is 0 Å². The Bertz CT molecular complexity index is 269. The molecule has 0 unspecified atom stereocenters. The van der Waals surface area contributed by atoms with Crippen LogP contribution in [-0.4, -0.2) is 10.5 Å². The predicted molar refractivity (Wildman–Crippen MR) is 63.7 cm³/mol. The van der Waals surface area contributed by atoms with Crippen molar-refractivity contribution in [2.45, 2.75) is 57.5 Å². The maximum absolute atomic E-state index is 3.72. The normalized spacial score (nSPS) is 21.1. The molecule has 2 heteroatoms. The van der Waals surface area contributed by atoms with Crippen LogP contribution in [-0.2, 0) is 6.54 Å². The minimum atomic E-state index is 0.369. The fourth-order valence-electron chi connectivity index (χ4n) is 2.47. The lowest BCUT2D eigenvalue weighted by Crippen LogP contribution is -2.41. The number of rotatable bonds is 3. The zero-order chi connectivity index (χ0) is 10.6. The zero-order valence-corrected chi connectivity index (χ0v) is 9.68.